The van der Waals surface area contributed by atoms with E-state index in [0.29, 0.717) is 11.4 Å². The van der Waals surface area contributed by atoms with Gasteiger partial charge in [-0.15, -0.1) is 0 Å². The first-order valence-corrected chi connectivity index (χ1v) is 6.63. The number of nitrogens with two attached hydrogens (primary N) is 1. The van der Waals surface area contributed by atoms with E-state index >= 15 is 0 Å². The Hall–Kier alpha value is -1.76. The number of alkyl halides is 3. The zero-order chi connectivity index (χ0) is 16.0. The molecule has 0 saturated carbocycles. The molecule has 0 heterocycles. The van der Waals surface area contributed by atoms with Crippen LogP contribution in [-0.2, 0) is 4.79 Å². The number of halogens is 3. The van der Waals surface area contributed by atoms with Crippen LogP contribution < -0.4 is 11.1 Å². The summed E-state index contributed by atoms with van der Waals surface area (Å²) in [7, 11) is 0. The Morgan fingerprint density at radius 2 is 2.05 bits per heavy atom. The van der Waals surface area contributed by atoms with Crippen LogP contribution >= 0.6 is 0 Å². The molecule has 0 spiro atoms. The van der Waals surface area contributed by atoms with Crippen LogP contribution in [-0.4, -0.2) is 36.1 Å². The minimum absolute atomic E-state index is 0.0109. The maximum atomic E-state index is 12.4. The van der Waals surface area contributed by atoms with Gasteiger partial charge in [0.05, 0.1) is 6.54 Å². The fraction of sp³-hybridized carbons (Fsp3) is 0.500. The summed E-state index contributed by atoms with van der Waals surface area (Å²) in [6, 6.07) is 6.35. The van der Waals surface area contributed by atoms with Crippen LogP contribution in [0.4, 0.5) is 24.5 Å². The molecule has 1 rings (SSSR count). The predicted octanol–water partition coefficient (Wildman–Crippen LogP) is 2.87. The van der Waals surface area contributed by atoms with Crippen LogP contribution in [0.2, 0.25) is 0 Å². The molecule has 0 fully saturated rings. The van der Waals surface area contributed by atoms with Crippen molar-refractivity contribution in [1.82, 2.24) is 4.90 Å². The largest absolute Gasteiger partial charge is 0.401 e. The summed E-state index contributed by atoms with van der Waals surface area (Å²) in [6.07, 6.45) is -4.28. The summed E-state index contributed by atoms with van der Waals surface area (Å²) in [5, 5.41) is 2.61. The van der Waals surface area contributed by atoms with E-state index in [2.05, 4.69) is 5.32 Å². The first-order valence-electron chi connectivity index (χ1n) is 6.63. The van der Waals surface area contributed by atoms with Crippen LogP contribution in [0, 0.1) is 0 Å². The van der Waals surface area contributed by atoms with Crippen molar-refractivity contribution < 1.29 is 18.0 Å². The van der Waals surface area contributed by atoms with Gasteiger partial charge in [-0.1, -0.05) is 6.07 Å². The molecule has 3 N–H and O–H groups in total. The molecular weight excluding hydrogens is 283 g/mol. The van der Waals surface area contributed by atoms with E-state index in [1.54, 1.807) is 38.1 Å². The highest BCUT2D eigenvalue weighted by molar-refractivity contribution is 5.91. The summed E-state index contributed by atoms with van der Waals surface area (Å²) in [4.78, 5) is 13.0. The molecule has 0 bridgehead atoms. The number of hydrogen-bond acceptors (Lipinski definition) is 3. The molecule has 1 aromatic carbocycles. The van der Waals surface area contributed by atoms with Gasteiger partial charge in [-0.3, -0.25) is 9.69 Å². The van der Waals surface area contributed by atoms with E-state index in [0.717, 1.165) is 0 Å². The van der Waals surface area contributed by atoms with E-state index < -0.39 is 12.7 Å². The van der Waals surface area contributed by atoms with E-state index in [-0.39, 0.29) is 24.9 Å². The van der Waals surface area contributed by atoms with Crippen molar-refractivity contribution in [2.45, 2.75) is 32.5 Å². The molecular formula is C14H20F3N3O. The third-order valence-electron chi connectivity index (χ3n) is 2.91. The van der Waals surface area contributed by atoms with Crippen molar-refractivity contribution in [1.29, 1.82) is 0 Å². The second kappa shape index (κ2) is 7.31. The second-order valence-corrected chi connectivity index (χ2v) is 5.10. The molecule has 0 aliphatic carbocycles. The average Bonchev–Trinajstić information content (AvgIpc) is 2.32. The normalized spacial score (nSPS) is 12.0. The predicted molar refractivity (Wildman–Crippen MR) is 76.9 cm³/mol. The van der Waals surface area contributed by atoms with Crippen LogP contribution in [0.3, 0.4) is 0 Å². The van der Waals surface area contributed by atoms with Gasteiger partial charge in [0, 0.05) is 30.4 Å². The summed E-state index contributed by atoms with van der Waals surface area (Å²) in [6.45, 7) is 2.37. The zero-order valence-corrected chi connectivity index (χ0v) is 12.1. The molecule has 0 unspecified atom stereocenters. The molecule has 0 radical (unpaired) electrons. The van der Waals surface area contributed by atoms with E-state index in [1.165, 1.54) is 4.90 Å². The van der Waals surface area contributed by atoms with Gasteiger partial charge in [0.1, 0.15) is 0 Å². The smallest absolute Gasteiger partial charge is 0.399 e. The molecule has 118 valence electrons. The Balaban J connectivity index is 2.50. The van der Waals surface area contributed by atoms with Crippen LogP contribution in [0.1, 0.15) is 20.3 Å². The number of anilines is 2. The monoisotopic (exact) mass is 303 g/mol. The third kappa shape index (κ3) is 6.99. The van der Waals surface area contributed by atoms with Crippen molar-refractivity contribution in [3.8, 4) is 0 Å². The minimum atomic E-state index is -4.27. The van der Waals surface area contributed by atoms with Gasteiger partial charge >= 0.3 is 6.18 Å². The standard InChI is InChI=1S/C14H20F3N3O/c1-10(2)20(9-14(15,16)17)7-6-13(21)19-12-5-3-4-11(18)8-12/h3-5,8,10H,6-7,9,18H2,1-2H3,(H,19,21). The first-order chi connectivity index (χ1) is 9.67. The molecule has 0 saturated heterocycles. The van der Waals surface area contributed by atoms with Crippen molar-refractivity contribution in [3.63, 3.8) is 0 Å². The van der Waals surface area contributed by atoms with Crippen LogP contribution in [0.5, 0.6) is 0 Å². The van der Waals surface area contributed by atoms with Gasteiger partial charge in [-0.25, -0.2) is 0 Å². The molecule has 0 atom stereocenters. The van der Waals surface area contributed by atoms with Crippen molar-refractivity contribution in [2.75, 3.05) is 24.1 Å². The summed E-state index contributed by atoms with van der Waals surface area (Å²) < 4.78 is 37.3. The lowest BCUT2D eigenvalue weighted by Gasteiger charge is -2.27. The van der Waals surface area contributed by atoms with Crippen LogP contribution in [0.25, 0.3) is 0 Å². The highest BCUT2D eigenvalue weighted by Crippen LogP contribution is 2.18. The van der Waals surface area contributed by atoms with Gasteiger partial charge in [0.2, 0.25) is 5.91 Å². The van der Waals surface area contributed by atoms with Gasteiger partial charge in [-0.05, 0) is 32.0 Å². The summed E-state index contributed by atoms with van der Waals surface area (Å²) in [5.41, 5.74) is 6.62. The lowest BCUT2D eigenvalue weighted by molar-refractivity contribution is -0.150. The molecule has 7 heteroatoms. The van der Waals surface area contributed by atoms with E-state index in [1.807, 2.05) is 0 Å². The fourth-order valence-electron chi connectivity index (χ4n) is 1.84. The molecule has 1 aromatic rings. The van der Waals surface area contributed by atoms with E-state index in [4.69, 9.17) is 5.73 Å². The Bertz CT molecular complexity index is 475. The molecule has 21 heavy (non-hydrogen) atoms. The number of nitrogens with one attached hydrogen (secondary N) is 1. The second-order valence-electron chi connectivity index (χ2n) is 5.10. The maximum Gasteiger partial charge on any atom is 0.401 e. The zero-order valence-electron chi connectivity index (χ0n) is 12.1. The number of rotatable bonds is 6. The highest BCUT2D eigenvalue weighted by atomic mass is 19.4. The Morgan fingerprint density at radius 1 is 1.38 bits per heavy atom. The molecule has 1 amide bonds. The number of hydrogen-bond donors (Lipinski definition) is 2. The molecule has 4 nitrogen and oxygen atoms in total. The summed E-state index contributed by atoms with van der Waals surface area (Å²) in [5.74, 6) is -0.339. The van der Waals surface area contributed by atoms with Crippen molar-refractivity contribution in [3.05, 3.63) is 24.3 Å². The van der Waals surface area contributed by atoms with E-state index in [9.17, 15) is 18.0 Å². The SMILES string of the molecule is CC(C)N(CCC(=O)Nc1cccc(N)c1)CC(F)(F)F. The lowest BCUT2D eigenvalue weighted by atomic mass is 10.2. The topological polar surface area (TPSA) is 58.4 Å². The van der Waals surface area contributed by atoms with Crippen molar-refractivity contribution >= 4 is 17.3 Å². The number of carbonyl (C=O) groups is 1. The number of nitrogens with zero attached hydrogens (tertiary/aromatic N) is 1. The van der Waals surface area contributed by atoms with Gasteiger partial charge in [-0.2, -0.15) is 13.2 Å². The molecule has 0 aliphatic heterocycles. The first kappa shape index (κ1) is 17.3. The van der Waals surface area contributed by atoms with Crippen molar-refractivity contribution in [2.24, 2.45) is 0 Å². The van der Waals surface area contributed by atoms with Gasteiger partial charge < -0.3 is 11.1 Å². The number of carbonyl (C=O) groups excluding carboxylic acids is 1. The summed E-state index contributed by atoms with van der Waals surface area (Å²) >= 11 is 0. The Labute approximate surface area is 122 Å². The highest BCUT2D eigenvalue weighted by Gasteiger charge is 2.31. The molecule has 0 aliphatic rings. The Morgan fingerprint density at radius 3 is 2.57 bits per heavy atom. The fourth-order valence-corrected chi connectivity index (χ4v) is 1.84. The van der Waals surface area contributed by atoms with Crippen LogP contribution in [0.15, 0.2) is 24.3 Å². The minimum Gasteiger partial charge on any atom is -0.399 e. The maximum absolute atomic E-state index is 12.4. The third-order valence-corrected chi connectivity index (χ3v) is 2.91. The quantitative estimate of drug-likeness (QED) is 0.795. The number of nitrogen functional groups attached to an aromatic ring is 1. The lowest BCUT2D eigenvalue weighted by Crippen LogP contribution is -2.40. The average molecular weight is 303 g/mol. The molecule has 0 aromatic heterocycles. The van der Waals surface area contributed by atoms with Gasteiger partial charge in [0.15, 0.2) is 0 Å². The van der Waals surface area contributed by atoms with Gasteiger partial charge in [0.25, 0.3) is 0 Å². The number of amides is 1. The Kier molecular flexibility index (Phi) is 6.02. The number of benzene rings is 1.